The Kier molecular flexibility index (Phi) is 7.22. The van der Waals surface area contributed by atoms with Crippen LogP contribution in [0.15, 0.2) is 182 Å². The molecule has 0 saturated heterocycles. The van der Waals surface area contributed by atoms with Gasteiger partial charge in [0.15, 0.2) is 0 Å². The van der Waals surface area contributed by atoms with Crippen LogP contribution in [0.4, 0.5) is 34.1 Å². The third kappa shape index (κ3) is 4.87. The Bertz CT molecular complexity index is 2700. The average molecular weight is 695 g/mol. The van der Waals surface area contributed by atoms with Gasteiger partial charge in [-0.15, -0.1) is 0 Å². The van der Waals surface area contributed by atoms with E-state index in [-0.39, 0.29) is 10.8 Å². The minimum atomic E-state index is -0.278. The van der Waals surface area contributed by atoms with Gasteiger partial charge in [-0.2, -0.15) is 0 Å². The highest BCUT2D eigenvalue weighted by Crippen LogP contribution is 2.61. The molecule has 2 heterocycles. The summed E-state index contributed by atoms with van der Waals surface area (Å²) in [6.07, 6.45) is 0. The topological polar surface area (TPSA) is 6.48 Å². The number of benzene rings is 8. The van der Waals surface area contributed by atoms with Gasteiger partial charge < -0.3 is 9.80 Å². The van der Waals surface area contributed by atoms with Gasteiger partial charge in [0.05, 0.1) is 17.1 Å². The van der Waals surface area contributed by atoms with E-state index in [4.69, 9.17) is 0 Å². The fraction of sp³-hybridized carbons (Fsp3) is 0.115. The lowest BCUT2D eigenvalue weighted by atomic mass is 9.65. The van der Waals surface area contributed by atoms with Crippen LogP contribution in [0.1, 0.15) is 49.9 Å². The molecule has 0 unspecified atom stereocenters. The van der Waals surface area contributed by atoms with Crippen LogP contribution in [0.25, 0.3) is 33.0 Å². The van der Waals surface area contributed by atoms with Gasteiger partial charge in [-0.1, -0.05) is 149 Å². The van der Waals surface area contributed by atoms with Crippen LogP contribution in [-0.4, -0.2) is 0 Å². The monoisotopic (exact) mass is 694 g/mol. The van der Waals surface area contributed by atoms with Gasteiger partial charge in [0.1, 0.15) is 0 Å². The molecule has 0 fully saturated rings. The zero-order valence-electron chi connectivity index (χ0n) is 31.2. The summed E-state index contributed by atoms with van der Waals surface area (Å²) in [6.45, 7) is 9.61. The van der Waals surface area contributed by atoms with Gasteiger partial charge in [0.2, 0.25) is 0 Å². The van der Waals surface area contributed by atoms with Gasteiger partial charge in [-0.25, -0.2) is 0 Å². The predicted molar refractivity (Wildman–Crippen MR) is 228 cm³/mol. The zero-order valence-corrected chi connectivity index (χ0v) is 31.2. The van der Waals surface area contributed by atoms with Crippen molar-refractivity contribution in [1.82, 2.24) is 0 Å². The number of fused-ring (bicyclic) bond motifs is 5. The number of nitrogens with zero attached hydrogens (tertiary/aromatic N) is 2. The Morgan fingerprint density at radius 2 is 0.963 bits per heavy atom. The second-order valence-electron chi connectivity index (χ2n) is 15.8. The number of hydrogen-bond donors (Lipinski definition) is 0. The summed E-state index contributed by atoms with van der Waals surface area (Å²) in [5, 5.41) is 2.53. The quantitative estimate of drug-likeness (QED) is 0.177. The average Bonchev–Trinajstić information content (AvgIpc) is 3.21. The van der Waals surface area contributed by atoms with Crippen LogP contribution in [-0.2, 0) is 10.8 Å². The maximum Gasteiger partial charge on any atom is 0.0544 e. The van der Waals surface area contributed by atoms with E-state index in [1.165, 1.54) is 72.3 Å². The molecule has 0 amide bonds. The Labute approximate surface area is 318 Å². The van der Waals surface area contributed by atoms with Gasteiger partial charge in [0, 0.05) is 27.9 Å². The molecule has 2 aliphatic heterocycles. The summed E-state index contributed by atoms with van der Waals surface area (Å²) in [4.78, 5) is 4.95. The van der Waals surface area contributed by atoms with E-state index >= 15 is 0 Å². The first kappa shape index (κ1) is 32.3. The van der Waals surface area contributed by atoms with Crippen molar-refractivity contribution in [2.75, 3.05) is 9.80 Å². The van der Waals surface area contributed by atoms with Crippen molar-refractivity contribution in [2.24, 2.45) is 0 Å². The van der Waals surface area contributed by atoms with E-state index < -0.39 is 0 Å². The lowest BCUT2D eigenvalue weighted by Crippen LogP contribution is -2.38. The zero-order chi connectivity index (χ0) is 36.6. The van der Waals surface area contributed by atoms with E-state index in [9.17, 15) is 0 Å². The molecule has 54 heavy (non-hydrogen) atoms. The Morgan fingerprint density at radius 1 is 0.389 bits per heavy atom. The van der Waals surface area contributed by atoms with Crippen molar-refractivity contribution in [3.63, 3.8) is 0 Å². The van der Waals surface area contributed by atoms with E-state index in [0.29, 0.717) is 0 Å². The first-order valence-electron chi connectivity index (χ1n) is 19.0. The van der Waals surface area contributed by atoms with Crippen molar-refractivity contribution < 1.29 is 0 Å². The summed E-state index contributed by atoms with van der Waals surface area (Å²) >= 11 is 0. The number of anilines is 6. The fourth-order valence-corrected chi connectivity index (χ4v) is 9.13. The normalized spacial score (nSPS) is 14.6. The second-order valence-corrected chi connectivity index (χ2v) is 15.8. The maximum absolute atomic E-state index is 2.55. The molecule has 10 rings (SSSR count). The molecular weight excluding hydrogens is 653 g/mol. The first-order valence-corrected chi connectivity index (χ1v) is 19.0. The van der Waals surface area contributed by atoms with Crippen LogP contribution < -0.4 is 9.80 Å². The molecule has 2 heteroatoms. The predicted octanol–water partition coefficient (Wildman–Crippen LogP) is 14.4. The molecule has 0 aliphatic carbocycles. The van der Waals surface area contributed by atoms with Crippen LogP contribution >= 0.6 is 0 Å². The molecule has 260 valence electrons. The molecule has 0 saturated carbocycles. The van der Waals surface area contributed by atoms with Crippen LogP contribution in [0.5, 0.6) is 0 Å². The maximum atomic E-state index is 2.55. The van der Waals surface area contributed by atoms with Gasteiger partial charge in [-0.3, -0.25) is 0 Å². The SMILES string of the molecule is CC1(C)c2ccccc2N2c3ccc(N(c4ccccc4)c4ccc(-c5cccc6ccccc56)cc4)cc3C(C)(C)c3cc(-c4ccccc4)cc1c32. The lowest BCUT2D eigenvalue weighted by Gasteiger charge is -2.50. The summed E-state index contributed by atoms with van der Waals surface area (Å²) < 4.78 is 0. The molecular formula is C52H42N2. The summed E-state index contributed by atoms with van der Waals surface area (Å²) in [6, 6.07) is 66.9. The number of hydrogen-bond acceptors (Lipinski definition) is 2. The highest BCUT2D eigenvalue weighted by molar-refractivity contribution is 5.98. The fourth-order valence-electron chi connectivity index (χ4n) is 9.13. The second kappa shape index (κ2) is 12.1. The standard InChI is InChI=1S/C52H42N2/c1-51(2)44-24-13-14-25-48(44)54-49-31-30-41(34-45(49)52(3,4)47-33-38(32-46(51)50(47)54)35-16-7-5-8-17-35)53(39-20-9-6-10-21-39)40-28-26-37(27-29-40)43-23-15-19-36-18-11-12-22-42(36)43/h5-34H,1-4H3. The lowest BCUT2D eigenvalue weighted by molar-refractivity contribution is 0.598. The van der Waals surface area contributed by atoms with Crippen molar-refractivity contribution in [2.45, 2.75) is 38.5 Å². The van der Waals surface area contributed by atoms with Crippen molar-refractivity contribution in [3.8, 4) is 22.3 Å². The molecule has 2 nitrogen and oxygen atoms in total. The van der Waals surface area contributed by atoms with Crippen molar-refractivity contribution >= 4 is 44.9 Å². The molecule has 0 aromatic heterocycles. The van der Waals surface area contributed by atoms with E-state index in [0.717, 1.165) is 17.1 Å². The molecule has 0 bridgehead atoms. The molecule has 8 aromatic rings. The molecule has 8 aromatic carbocycles. The molecule has 0 spiro atoms. The first-order chi connectivity index (χ1) is 26.3. The third-order valence-electron chi connectivity index (χ3n) is 12.0. The minimum Gasteiger partial charge on any atom is -0.310 e. The third-order valence-corrected chi connectivity index (χ3v) is 12.0. The minimum absolute atomic E-state index is 0.169. The smallest absolute Gasteiger partial charge is 0.0544 e. The van der Waals surface area contributed by atoms with Crippen molar-refractivity contribution in [1.29, 1.82) is 0 Å². The summed E-state index contributed by atoms with van der Waals surface area (Å²) in [5.41, 5.74) is 17.1. The molecule has 0 N–H and O–H groups in total. The Morgan fingerprint density at radius 3 is 1.72 bits per heavy atom. The van der Waals surface area contributed by atoms with Crippen molar-refractivity contribution in [3.05, 3.63) is 204 Å². The Hall–Kier alpha value is -6.38. The van der Waals surface area contributed by atoms with Gasteiger partial charge in [0.25, 0.3) is 0 Å². The number of rotatable bonds is 5. The summed E-state index contributed by atoms with van der Waals surface area (Å²) in [5.74, 6) is 0. The molecule has 0 radical (unpaired) electrons. The van der Waals surface area contributed by atoms with Gasteiger partial charge in [-0.05, 0) is 116 Å². The highest BCUT2D eigenvalue weighted by Gasteiger charge is 2.46. The van der Waals surface area contributed by atoms with E-state index in [1.54, 1.807) is 0 Å². The largest absolute Gasteiger partial charge is 0.310 e. The van der Waals surface area contributed by atoms with Crippen LogP contribution in [0.3, 0.4) is 0 Å². The van der Waals surface area contributed by atoms with Crippen LogP contribution in [0, 0.1) is 0 Å². The number of para-hydroxylation sites is 2. The van der Waals surface area contributed by atoms with E-state index in [2.05, 4.69) is 219 Å². The van der Waals surface area contributed by atoms with Gasteiger partial charge >= 0.3 is 0 Å². The molecule has 2 aliphatic rings. The summed E-state index contributed by atoms with van der Waals surface area (Å²) in [7, 11) is 0. The Balaban J connectivity index is 1.16. The van der Waals surface area contributed by atoms with E-state index in [1.807, 2.05) is 0 Å². The molecule has 0 atom stereocenters. The van der Waals surface area contributed by atoms with Crippen LogP contribution in [0.2, 0.25) is 0 Å². The highest BCUT2D eigenvalue weighted by atomic mass is 15.2.